The van der Waals surface area contributed by atoms with Crippen molar-refractivity contribution >= 4 is 27.0 Å². The number of amidine groups is 1. The Labute approximate surface area is 162 Å². The van der Waals surface area contributed by atoms with Crippen LogP contribution in [0.25, 0.3) is 0 Å². The molecule has 0 aromatic heterocycles. The van der Waals surface area contributed by atoms with Gasteiger partial charge in [0.2, 0.25) is 0 Å². The lowest BCUT2D eigenvalue weighted by Gasteiger charge is -2.05. The van der Waals surface area contributed by atoms with E-state index in [4.69, 9.17) is 11.1 Å². The monoisotopic (exact) mass is 400 g/mol. The maximum atomic E-state index is 10.4. The van der Waals surface area contributed by atoms with Crippen LogP contribution < -0.4 is 11.1 Å². The van der Waals surface area contributed by atoms with Crippen LogP contribution in [0.3, 0.4) is 0 Å². The number of rotatable bonds is 11. The molecule has 1 aromatic rings. The van der Waals surface area contributed by atoms with Crippen molar-refractivity contribution in [2.24, 2.45) is 5.73 Å². The van der Waals surface area contributed by atoms with Crippen molar-refractivity contribution in [3.63, 3.8) is 0 Å². The van der Waals surface area contributed by atoms with Crippen LogP contribution >= 0.6 is 11.8 Å². The third kappa shape index (κ3) is 15.0. The van der Waals surface area contributed by atoms with Gasteiger partial charge < -0.3 is 4.55 Å². The fraction of sp³-hybridized carbons (Fsp3) is 0.526. The molecule has 0 bridgehead atoms. The first-order valence-corrected chi connectivity index (χ1v) is 11.3. The summed E-state index contributed by atoms with van der Waals surface area (Å²) in [4.78, 5) is -0.178. The van der Waals surface area contributed by atoms with Gasteiger partial charge in [-0.25, -0.2) is 8.42 Å². The third-order valence-corrected chi connectivity index (χ3v) is 5.31. The molecule has 0 unspecified atom stereocenters. The Bertz CT molecular complexity index is 614. The number of benzene rings is 1. The maximum absolute atomic E-state index is 10.4. The minimum Gasteiger partial charge on any atom is -0.744 e. The molecule has 1 rings (SSSR count). The summed E-state index contributed by atoms with van der Waals surface area (Å²) in [6, 6.07) is 5.78. The molecule has 0 saturated carbocycles. The van der Waals surface area contributed by atoms with Gasteiger partial charge in [0.15, 0.2) is 0 Å². The lowest BCUT2D eigenvalue weighted by atomic mass is 10.1. The molecule has 0 atom stereocenters. The fourth-order valence-electron chi connectivity index (χ4n) is 2.17. The molecule has 26 heavy (non-hydrogen) atoms. The van der Waals surface area contributed by atoms with Gasteiger partial charge in [0.25, 0.3) is 5.17 Å². The SMILES string of the molecule is C=CCCCCCCCCCSC(N)=[NH2+].Cc1ccc(S(=O)(=O)[O-])cc1. The van der Waals surface area contributed by atoms with E-state index in [2.05, 4.69) is 6.58 Å². The van der Waals surface area contributed by atoms with Gasteiger partial charge in [-0.2, -0.15) is 0 Å². The summed E-state index contributed by atoms with van der Waals surface area (Å²) >= 11 is 1.57. The van der Waals surface area contributed by atoms with Crippen LogP contribution in [0.4, 0.5) is 0 Å². The number of nitrogens with two attached hydrogens (primary N) is 2. The molecule has 0 aliphatic rings. The van der Waals surface area contributed by atoms with E-state index in [1.165, 1.54) is 63.5 Å². The van der Waals surface area contributed by atoms with E-state index in [1.807, 2.05) is 13.0 Å². The highest BCUT2D eigenvalue weighted by Crippen LogP contribution is 2.10. The number of thioether (sulfide) groups is 1. The molecule has 148 valence electrons. The third-order valence-electron chi connectivity index (χ3n) is 3.63. The molecule has 0 saturated heterocycles. The normalized spacial score (nSPS) is 10.7. The van der Waals surface area contributed by atoms with E-state index in [0.29, 0.717) is 5.17 Å². The number of hydrogen-bond acceptors (Lipinski definition) is 4. The molecule has 0 heterocycles. The zero-order valence-electron chi connectivity index (χ0n) is 15.7. The van der Waals surface area contributed by atoms with Crippen LogP contribution in [0.15, 0.2) is 41.8 Å². The fourth-order valence-corrected chi connectivity index (χ4v) is 3.22. The van der Waals surface area contributed by atoms with Gasteiger partial charge in [-0.05, 0) is 50.1 Å². The topological polar surface area (TPSA) is 109 Å². The molecule has 0 amide bonds. The van der Waals surface area contributed by atoms with Crippen molar-refractivity contribution in [3.8, 4) is 0 Å². The number of unbranched alkanes of at least 4 members (excludes halogenated alkanes) is 7. The van der Waals surface area contributed by atoms with Crippen LogP contribution in [0.2, 0.25) is 0 Å². The van der Waals surface area contributed by atoms with Gasteiger partial charge in [0.05, 0.1) is 4.90 Å². The van der Waals surface area contributed by atoms with Crippen LogP contribution in [-0.2, 0) is 10.1 Å². The van der Waals surface area contributed by atoms with E-state index in [0.717, 1.165) is 11.3 Å². The highest BCUT2D eigenvalue weighted by atomic mass is 32.2. The van der Waals surface area contributed by atoms with Crippen molar-refractivity contribution in [2.45, 2.75) is 63.2 Å². The molecule has 7 heteroatoms. The van der Waals surface area contributed by atoms with Gasteiger partial charge in [0.1, 0.15) is 10.1 Å². The Hall–Kier alpha value is -1.31. The second-order valence-electron chi connectivity index (χ2n) is 6.07. The summed E-state index contributed by atoms with van der Waals surface area (Å²) in [6.07, 6.45) is 12.4. The molecule has 0 spiro atoms. The Balaban J connectivity index is 0.000000502. The average Bonchev–Trinajstić information content (AvgIpc) is 2.56. The minimum absolute atomic E-state index is 0.178. The van der Waals surface area contributed by atoms with Crippen molar-refractivity contribution < 1.29 is 18.4 Å². The van der Waals surface area contributed by atoms with E-state index in [1.54, 1.807) is 23.9 Å². The summed E-state index contributed by atoms with van der Waals surface area (Å²) < 4.78 is 31.2. The molecule has 1 aromatic carbocycles. The standard InChI is InChI=1S/C12H24N2S.C7H8O3S/c1-2-3-4-5-6-7-8-9-10-11-15-12(13)14;1-6-2-4-7(5-3-6)11(8,9)10/h2H,1,3-11H2,(H3,13,14);2-5H,1H3,(H,8,9,10). The quantitative estimate of drug-likeness (QED) is 0.195. The minimum atomic E-state index is -4.27. The first-order chi connectivity index (χ1) is 12.3. The van der Waals surface area contributed by atoms with Gasteiger partial charge in [-0.3, -0.25) is 11.1 Å². The highest BCUT2D eigenvalue weighted by Gasteiger charge is 1.98. The number of hydrogen-bond donors (Lipinski definition) is 2. The van der Waals surface area contributed by atoms with Crippen LogP contribution in [0.5, 0.6) is 0 Å². The summed E-state index contributed by atoms with van der Waals surface area (Å²) in [7, 11) is -4.27. The molecular formula is C19H32N2O3S2. The second-order valence-corrected chi connectivity index (χ2v) is 8.62. The zero-order chi connectivity index (χ0) is 19.8. The molecule has 0 aliphatic carbocycles. The molecule has 0 fully saturated rings. The van der Waals surface area contributed by atoms with Crippen molar-refractivity contribution in [1.82, 2.24) is 0 Å². The van der Waals surface area contributed by atoms with E-state index < -0.39 is 10.1 Å². The lowest BCUT2D eigenvalue weighted by molar-refractivity contribution is -0.110. The second kappa shape index (κ2) is 14.8. The van der Waals surface area contributed by atoms with Crippen molar-refractivity contribution in [2.75, 3.05) is 5.75 Å². The summed E-state index contributed by atoms with van der Waals surface area (Å²) in [6.45, 7) is 5.54. The summed E-state index contributed by atoms with van der Waals surface area (Å²) in [5.41, 5.74) is 6.28. The predicted molar refractivity (Wildman–Crippen MR) is 110 cm³/mol. The largest absolute Gasteiger partial charge is 0.744 e. The Morgan fingerprint density at radius 2 is 1.62 bits per heavy atom. The highest BCUT2D eigenvalue weighted by molar-refractivity contribution is 8.13. The van der Waals surface area contributed by atoms with Gasteiger partial charge in [-0.15, -0.1) is 6.58 Å². The Morgan fingerprint density at radius 3 is 2.08 bits per heavy atom. The van der Waals surface area contributed by atoms with Gasteiger partial charge in [0, 0.05) is 5.75 Å². The maximum Gasteiger partial charge on any atom is 0.299 e. The van der Waals surface area contributed by atoms with Crippen LogP contribution in [0, 0.1) is 6.92 Å². The van der Waals surface area contributed by atoms with Crippen LogP contribution in [0.1, 0.15) is 56.9 Å². The number of aryl methyl sites for hydroxylation is 1. The molecular weight excluding hydrogens is 368 g/mol. The zero-order valence-corrected chi connectivity index (χ0v) is 17.3. The summed E-state index contributed by atoms with van der Waals surface area (Å²) in [5, 5.41) is 5.85. The number of allylic oxidation sites excluding steroid dienone is 1. The van der Waals surface area contributed by atoms with E-state index in [9.17, 15) is 13.0 Å². The average molecular weight is 401 g/mol. The molecule has 5 nitrogen and oxygen atoms in total. The Kier molecular flexibility index (Phi) is 14.1. The lowest BCUT2D eigenvalue weighted by Crippen LogP contribution is -2.43. The van der Waals surface area contributed by atoms with Gasteiger partial charge in [-0.1, -0.05) is 55.9 Å². The van der Waals surface area contributed by atoms with Gasteiger partial charge >= 0.3 is 0 Å². The molecule has 0 aliphatic heterocycles. The van der Waals surface area contributed by atoms with Crippen molar-refractivity contribution in [1.29, 1.82) is 0 Å². The molecule has 4 N–H and O–H groups in total. The Morgan fingerprint density at radius 1 is 1.12 bits per heavy atom. The van der Waals surface area contributed by atoms with E-state index in [-0.39, 0.29) is 4.90 Å². The first kappa shape index (κ1) is 24.7. The predicted octanol–water partition coefficient (Wildman–Crippen LogP) is 3.00. The first-order valence-electron chi connectivity index (χ1n) is 8.91. The smallest absolute Gasteiger partial charge is 0.299 e. The van der Waals surface area contributed by atoms with E-state index >= 15 is 0 Å². The van der Waals surface area contributed by atoms with Crippen LogP contribution in [-0.4, -0.2) is 23.9 Å². The molecule has 0 radical (unpaired) electrons. The summed E-state index contributed by atoms with van der Waals surface area (Å²) in [5.74, 6) is 1.07. The van der Waals surface area contributed by atoms with Crippen molar-refractivity contribution in [3.05, 3.63) is 42.5 Å².